The Bertz CT molecular complexity index is 616. The lowest BCUT2D eigenvalue weighted by molar-refractivity contribution is 0.596. The molecule has 1 heterocycles. The molecule has 2 atom stereocenters. The van der Waals surface area contributed by atoms with E-state index >= 15 is 0 Å². The summed E-state index contributed by atoms with van der Waals surface area (Å²) in [6.07, 6.45) is 0. The molecule has 5 nitrogen and oxygen atoms in total. The Balaban J connectivity index is 2.55. The maximum atomic E-state index is 11.7. The molecule has 7 heteroatoms. The number of benzene rings is 1. The average molecular weight is 315 g/mol. The van der Waals surface area contributed by atoms with Crippen LogP contribution >= 0.6 is 11.8 Å². The van der Waals surface area contributed by atoms with E-state index in [9.17, 15) is 8.42 Å². The summed E-state index contributed by atoms with van der Waals surface area (Å²) in [5, 5.41) is 5.77. The van der Waals surface area contributed by atoms with Crippen LogP contribution in [0, 0.1) is 6.92 Å². The Morgan fingerprint density at radius 2 is 2.00 bits per heavy atom. The standard InChI is InChI=1S/C13H21N3O2S2/c1-8-12(16-4-5-19-10(3)9(16)2)6-11(14)7-13(8)20(15,17)18/h6-7,9-10H,4-5,14H2,1-3H3,(H2,15,17,18). The highest BCUT2D eigenvalue weighted by molar-refractivity contribution is 8.00. The van der Waals surface area contributed by atoms with Gasteiger partial charge < -0.3 is 10.6 Å². The van der Waals surface area contributed by atoms with E-state index in [0.717, 1.165) is 18.0 Å². The lowest BCUT2D eigenvalue weighted by atomic mass is 10.1. The van der Waals surface area contributed by atoms with Gasteiger partial charge in [-0.2, -0.15) is 11.8 Å². The van der Waals surface area contributed by atoms with Crippen LogP contribution in [0.1, 0.15) is 19.4 Å². The van der Waals surface area contributed by atoms with Gasteiger partial charge in [-0.3, -0.25) is 0 Å². The van der Waals surface area contributed by atoms with E-state index in [4.69, 9.17) is 10.9 Å². The van der Waals surface area contributed by atoms with Crippen LogP contribution in [-0.4, -0.2) is 32.0 Å². The van der Waals surface area contributed by atoms with Gasteiger partial charge in [-0.1, -0.05) is 6.92 Å². The summed E-state index contributed by atoms with van der Waals surface area (Å²) in [4.78, 5) is 2.34. The number of thioether (sulfide) groups is 1. The molecule has 1 aliphatic rings. The summed E-state index contributed by atoms with van der Waals surface area (Å²) >= 11 is 1.93. The second kappa shape index (κ2) is 5.46. The predicted octanol–water partition coefficient (Wildman–Crippen LogP) is 1.55. The van der Waals surface area contributed by atoms with Crippen LogP contribution in [0.15, 0.2) is 17.0 Å². The molecule has 20 heavy (non-hydrogen) atoms. The first-order valence-corrected chi connectivity index (χ1v) is 9.12. The molecule has 0 radical (unpaired) electrons. The van der Waals surface area contributed by atoms with Gasteiger partial charge >= 0.3 is 0 Å². The first kappa shape index (κ1) is 15.5. The largest absolute Gasteiger partial charge is 0.399 e. The summed E-state index contributed by atoms with van der Waals surface area (Å²) in [6.45, 7) is 7.00. The molecule has 2 rings (SSSR count). The molecule has 0 bridgehead atoms. The van der Waals surface area contributed by atoms with Gasteiger partial charge in [0.2, 0.25) is 10.0 Å². The minimum absolute atomic E-state index is 0.116. The number of sulfonamides is 1. The number of hydrogen-bond donors (Lipinski definition) is 2. The van der Waals surface area contributed by atoms with Crippen molar-refractivity contribution >= 4 is 33.2 Å². The first-order valence-electron chi connectivity index (χ1n) is 6.53. The molecule has 1 aromatic rings. The van der Waals surface area contributed by atoms with Crippen molar-refractivity contribution in [3.63, 3.8) is 0 Å². The lowest BCUT2D eigenvalue weighted by Gasteiger charge is -2.40. The van der Waals surface area contributed by atoms with Crippen molar-refractivity contribution in [2.75, 3.05) is 22.9 Å². The van der Waals surface area contributed by atoms with Crippen molar-refractivity contribution in [1.29, 1.82) is 0 Å². The zero-order valence-corrected chi connectivity index (χ0v) is 13.6. The molecule has 2 unspecified atom stereocenters. The number of nitrogen functional groups attached to an aromatic ring is 1. The number of anilines is 2. The Morgan fingerprint density at radius 1 is 1.35 bits per heavy atom. The molecule has 1 saturated heterocycles. The fourth-order valence-electron chi connectivity index (χ4n) is 2.56. The third-order valence-electron chi connectivity index (χ3n) is 3.85. The quantitative estimate of drug-likeness (QED) is 0.808. The van der Waals surface area contributed by atoms with Crippen molar-refractivity contribution < 1.29 is 8.42 Å². The SMILES string of the molecule is Cc1c(N2CCSC(C)C2C)cc(N)cc1S(N)(=O)=O. The van der Waals surface area contributed by atoms with Gasteiger partial charge in [0.05, 0.1) is 4.90 Å². The Hall–Kier alpha value is -0.920. The second-order valence-corrected chi connectivity index (χ2v) is 8.23. The first-order chi connectivity index (χ1) is 9.21. The molecule has 0 amide bonds. The minimum Gasteiger partial charge on any atom is -0.399 e. The predicted molar refractivity (Wildman–Crippen MR) is 85.7 cm³/mol. The third kappa shape index (κ3) is 2.89. The summed E-state index contributed by atoms with van der Waals surface area (Å²) in [5.74, 6) is 1.02. The van der Waals surface area contributed by atoms with Crippen LogP contribution in [0.25, 0.3) is 0 Å². The summed E-state index contributed by atoms with van der Waals surface area (Å²) in [5.41, 5.74) is 7.83. The second-order valence-electron chi connectivity index (χ2n) is 5.22. The number of hydrogen-bond acceptors (Lipinski definition) is 5. The van der Waals surface area contributed by atoms with Crippen molar-refractivity contribution in [1.82, 2.24) is 0 Å². The van der Waals surface area contributed by atoms with Gasteiger partial charge in [0.15, 0.2) is 0 Å². The van der Waals surface area contributed by atoms with E-state index in [2.05, 4.69) is 18.7 Å². The van der Waals surface area contributed by atoms with E-state index in [1.807, 2.05) is 17.8 Å². The van der Waals surface area contributed by atoms with E-state index in [0.29, 0.717) is 22.5 Å². The van der Waals surface area contributed by atoms with E-state index in [1.54, 1.807) is 6.92 Å². The van der Waals surface area contributed by atoms with Crippen LogP contribution < -0.4 is 15.8 Å². The highest BCUT2D eigenvalue weighted by atomic mass is 32.2. The van der Waals surface area contributed by atoms with Crippen LogP contribution in [-0.2, 0) is 10.0 Å². The molecule has 0 spiro atoms. The molecule has 0 aromatic heterocycles. The van der Waals surface area contributed by atoms with Gasteiger partial charge in [-0.25, -0.2) is 13.6 Å². The molecule has 1 aromatic carbocycles. The van der Waals surface area contributed by atoms with E-state index in [1.165, 1.54) is 6.07 Å². The fourth-order valence-corrected chi connectivity index (χ4v) is 4.49. The molecule has 0 aliphatic carbocycles. The molecular weight excluding hydrogens is 294 g/mol. The number of nitrogens with two attached hydrogens (primary N) is 2. The topological polar surface area (TPSA) is 89.4 Å². The number of rotatable bonds is 2. The highest BCUT2D eigenvalue weighted by Crippen LogP contribution is 2.34. The van der Waals surface area contributed by atoms with Gasteiger partial charge in [0.25, 0.3) is 0 Å². The molecule has 0 saturated carbocycles. The monoisotopic (exact) mass is 315 g/mol. The summed E-state index contributed by atoms with van der Waals surface area (Å²) in [6, 6.07) is 3.59. The van der Waals surface area contributed by atoms with Crippen molar-refractivity contribution in [3.05, 3.63) is 17.7 Å². The molecule has 4 N–H and O–H groups in total. The normalized spacial score (nSPS) is 23.9. The fraction of sp³-hybridized carbons (Fsp3) is 0.538. The third-order valence-corrected chi connectivity index (χ3v) is 6.23. The lowest BCUT2D eigenvalue weighted by Crippen LogP contribution is -2.45. The summed E-state index contributed by atoms with van der Waals surface area (Å²) < 4.78 is 23.4. The van der Waals surface area contributed by atoms with Crippen molar-refractivity contribution in [2.24, 2.45) is 5.14 Å². The maximum Gasteiger partial charge on any atom is 0.238 e. The Labute approximate surface area is 124 Å². The summed E-state index contributed by atoms with van der Waals surface area (Å²) in [7, 11) is -3.76. The van der Waals surface area contributed by atoms with Gasteiger partial charge in [-0.15, -0.1) is 0 Å². The maximum absolute atomic E-state index is 11.7. The Morgan fingerprint density at radius 3 is 2.60 bits per heavy atom. The molecule has 1 aliphatic heterocycles. The molecule has 1 fully saturated rings. The van der Waals surface area contributed by atoms with Crippen LogP contribution in [0.3, 0.4) is 0 Å². The van der Waals surface area contributed by atoms with Gasteiger partial charge in [0.1, 0.15) is 0 Å². The van der Waals surface area contributed by atoms with Crippen LogP contribution in [0.4, 0.5) is 11.4 Å². The van der Waals surface area contributed by atoms with E-state index in [-0.39, 0.29) is 4.90 Å². The number of nitrogens with zero attached hydrogens (tertiary/aromatic N) is 1. The zero-order valence-electron chi connectivity index (χ0n) is 12.0. The van der Waals surface area contributed by atoms with Crippen LogP contribution in [0.2, 0.25) is 0 Å². The Kier molecular flexibility index (Phi) is 4.22. The van der Waals surface area contributed by atoms with Crippen molar-refractivity contribution in [3.8, 4) is 0 Å². The average Bonchev–Trinajstić information content (AvgIpc) is 2.34. The van der Waals surface area contributed by atoms with Crippen LogP contribution in [0.5, 0.6) is 0 Å². The van der Waals surface area contributed by atoms with Gasteiger partial charge in [-0.05, 0) is 31.5 Å². The smallest absolute Gasteiger partial charge is 0.238 e. The van der Waals surface area contributed by atoms with E-state index < -0.39 is 10.0 Å². The van der Waals surface area contributed by atoms with Crippen molar-refractivity contribution in [2.45, 2.75) is 37.0 Å². The molecule has 112 valence electrons. The molecular formula is C13H21N3O2S2. The minimum atomic E-state index is -3.76. The number of primary sulfonamides is 1. The van der Waals surface area contributed by atoms with Gasteiger partial charge in [0, 0.05) is 35.0 Å². The highest BCUT2D eigenvalue weighted by Gasteiger charge is 2.28. The zero-order chi connectivity index (χ0) is 15.1.